The fourth-order valence-electron chi connectivity index (χ4n) is 2.07. The first-order valence-electron chi connectivity index (χ1n) is 5.93. The summed E-state index contributed by atoms with van der Waals surface area (Å²) < 4.78 is 3.80. The minimum atomic E-state index is 0.705. The van der Waals surface area contributed by atoms with Crippen LogP contribution in [0.5, 0.6) is 0 Å². The van der Waals surface area contributed by atoms with Crippen LogP contribution in [-0.2, 0) is 6.54 Å². The van der Waals surface area contributed by atoms with E-state index in [4.69, 9.17) is 12.2 Å². The molecule has 0 aliphatic heterocycles. The first-order chi connectivity index (χ1) is 9.13. The van der Waals surface area contributed by atoms with Crippen molar-refractivity contribution in [1.29, 1.82) is 0 Å². The molecule has 0 atom stereocenters. The summed E-state index contributed by atoms with van der Waals surface area (Å²) in [6.07, 6.45) is 1.86. The minimum Gasteiger partial charge on any atom is -0.329 e. The summed E-state index contributed by atoms with van der Waals surface area (Å²) in [7, 11) is 0. The van der Waals surface area contributed by atoms with Crippen molar-refractivity contribution in [3.8, 4) is 0 Å². The number of hydrogen-bond acceptors (Lipinski definition) is 2. The zero-order valence-electron chi connectivity index (χ0n) is 10.4. The topological polar surface area (TPSA) is 33.6 Å². The van der Waals surface area contributed by atoms with Crippen molar-refractivity contribution in [2.75, 3.05) is 0 Å². The van der Waals surface area contributed by atoms with Crippen molar-refractivity contribution >= 4 is 39.3 Å². The van der Waals surface area contributed by atoms with Crippen LogP contribution in [-0.4, -0.2) is 14.5 Å². The van der Waals surface area contributed by atoms with Gasteiger partial charge in [-0.1, -0.05) is 28.1 Å². The van der Waals surface area contributed by atoms with Gasteiger partial charge >= 0.3 is 0 Å². The molecule has 3 aromatic rings. The Bertz CT molecular complexity index is 787. The molecule has 0 saturated carbocycles. The number of nitrogens with zero attached hydrogens (tertiary/aromatic N) is 2. The normalized spacial score (nSPS) is 11.1. The lowest BCUT2D eigenvalue weighted by molar-refractivity contribution is 0.800. The number of fused-ring (bicyclic) bond motifs is 1. The largest absolute Gasteiger partial charge is 0.329 e. The van der Waals surface area contributed by atoms with Gasteiger partial charge in [-0.3, -0.25) is 4.57 Å². The Balaban J connectivity index is 2.07. The Morgan fingerprint density at radius 3 is 2.79 bits per heavy atom. The molecular formula is C14H12BrN3S. The van der Waals surface area contributed by atoms with E-state index in [9.17, 15) is 0 Å². The molecule has 2 heterocycles. The number of H-pyrrole nitrogens is 1. The van der Waals surface area contributed by atoms with E-state index in [-0.39, 0.29) is 0 Å². The van der Waals surface area contributed by atoms with Gasteiger partial charge in [0.2, 0.25) is 0 Å². The van der Waals surface area contributed by atoms with Gasteiger partial charge in [0.1, 0.15) is 0 Å². The van der Waals surface area contributed by atoms with E-state index in [1.807, 2.05) is 29.8 Å². The van der Waals surface area contributed by atoms with Crippen LogP contribution in [0.3, 0.4) is 0 Å². The number of benzene rings is 1. The van der Waals surface area contributed by atoms with E-state index in [1.165, 1.54) is 5.56 Å². The molecular weight excluding hydrogens is 322 g/mol. The van der Waals surface area contributed by atoms with Crippen molar-refractivity contribution in [1.82, 2.24) is 14.5 Å². The second-order valence-electron chi connectivity index (χ2n) is 4.53. The highest BCUT2D eigenvalue weighted by Crippen LogP contribution is 2.16. The zero-order chi connectivity index (χ0) is 13.4. The van der Waals surface area contributed by atoms with Gasteiger partial charge in [-0.05, 0) is 48.5 Å². The minimum absolute atomic E-state index is 0.705. The molecule has 0 spiro atoms. The predicted octanol–water partition coefficient (Wildman–Crippen LogP) is 4.21. The first-order valence-corrected chi connectivity index (χ1v) is 7.13. The maximum absolute atomic E-state index is 5.38. The molecule has 96 valence electrons. The summed E-state index contributed by atoms with van der Waals surface area (Å²) in [6, 6.07) is 10.3. The number of aromatic nitrogens is 3. The standard InChI is InChI=1S/C14H12BrN3S/c1-9-6-12-13(16-7-9)18(14(19)17-12)8-10-2-4-11(15)5-3-10/h2-7H,8H2,1H3,(H,17,19). The summed E-state index contributed by atoms with van der Waals surface area (Å²) in [5.74, 6) is 0. The number of aryl methyl sites for hydroxylation is 1. The monoisotopic (exact) mass is 333 g/mol. The Kier molecular flexibility index (Phi) is 3.24. The first kappa shape index (κ1) is 12.6. The fraction of sp³-hybridized carbons (Fsp3) is 0.143. The van der Waals surface area contributed by atoms with Gasteiger partial charge in [0, 0.05) is 10.7 Å². The molecule has 0 fully saturated rings. The fourth-order valence-corrected chi connectivity index (χ4v) is 2.59. The summed E-state index contributed by atoms with van der Waals surface area (Å²) in [4.78, 5) is 7.68. The molecule has 3 nitrogen and oxygen atoms in total. The molecule has 0 unspecified atom stereocenters. The van der Waals surface area contributed by atoms with Crippen LogP contribution in [0.2, 0.25) is 0 Å². The molecule has 0 aliphatic carbocycles. The molecule has 0 radical (unpaired) electrons. The maximum Gasteiger partial charge on any atom is 0.179 e. The lowest BCUT2D eigenvalue weighted by atomic mass is 10.2. The number of halogens is 1. The van der Waals surface area contributed by atoms with Gasteiger partial charge in [-0.2, -0.15) is 0 Å². The lowest BCUT2D eigenvalue weighted by Gasteiger charge is -2.04. The summed E-state index contributed by atoms with van der Waals surface area (Å²) in [5, 5.41) is 0. The molecule has 0 amide bonds. The van der Waals surface area contributed by atoms with Gasteiger partial charge in [0.05, 0.1) is 12.1 Å². The predicted molar refractivity (Wildman–Crippen MR) is 82.9 cm³/mol. The van der Waals surface area contributed by atoms with Gasteiger partial charge in [-0.15, -0.1) is 0 Å². The van der Waals surface area contributed by atoms with Crippen LogP contribution in [0.1, 0.15) is 11.1 Å². The molecule has 0 aliphatic rings. The Hall–Kier alpha value is -1.46. The van der Waals surface area contributed by atoms with Gasteiger partial charge in [0.25, 0.3) is 0 Å². The van der Waals surface area contributed by atoms with Crippen molar-refractivity contribution < 1.29 is 0 Å². The van der Waals surface area contributed by atoms with Crippen molar-refractivity contribution in [2.45, 2.75) is 13.5 Å². The van der Waals surface area contributed by atoms with E-state index < -0.39 is 0 Å². The zero-order valence-corrected chi connectivity index (χ0v) is 12.8. The number of pyridine rings is 1. The molecule has 1 N–H and O–H groups in total. The molecule has 19 heavy (non-hydrogen) atoms. The van der Waals surface area contributed by atoms with Gasteiger partial charge in [-0.25, -0.2) is 4.98 Å². The van der Waals surface area contributed by atoms with Gasteiger partial charge in [0.15, 0.2) is 10.4 Å². The summed E-state index contributed by atoms with van der Waals surface area (Å²) >= 11 is 8.82. The highest BCUT2D eigenvalue weighted by molar-refractivity contribution is 9.10. The van der Waals surface area contributed by atoms with E-state index in [0.717, 1.165) is 27.7 Å². The van der Waals surface area contributed by atoms with Crippen molar-refractivity contribution in [3.05, 3.63) is 56.9 Å². The molecule has 3 rings (SSSR count). The highest BCUT2D eigenvalue weighted by atomic mass is 79.9. The SMILES string of the molecule is Cc1cnc2c(c1)[nH]c(=S)n2Cc1ccc(Br)cc1. The van der Waals surface area contributed by atoms with E-state index >= 15 is 0 Å². The number of nitrogens with one attached hydrogen (secondary N) is 1. The Morgan fingerprint density at radius 2 is 2.05 bits per heavy atom. The quantitative estimate of drug-likeness (QED) is 0.712. The second kappa shape index (κ2) is 4.90. The molecule has 2 aromatic heterocycles. The molecule has 1 aromatic carbocycles. The Morgan fingerprint density at radius 1 is 1.32 bits per heavy atom. The van der Waals surface area contributed by atoms with Crippen LogP contribution in [0.15, 0.2) is 41.0 Å². The maximum atomic E-state index is 5.38. The highest BCUT2D eigenvalue weighted by Gasteiger charge is 2.06. The molecule has 5 heteroatoms. The molecule has 0 saturated heterocycles. The second-order valence-corrected chi connectivity index (χ2v) is 5.83. The number of rotatable bonds is 2. The summed E-state index contributed by atoms with van der Waals surface area (Å²) in [6.45, 7) is 2.75. The van der Waals surface area contributed by atoms with Crippen LogP contribution >= 0.6 is 28.1 Å². The number of aromatic amines is 1. The van der Waals surface area contributed by atoms with Gasteiger partial charge < -0.3 is 4.98 Å². The van der Waals surface area contributed by atoms with Crippen LogP contribution in [0.4, 0.5) is 0 Å². The summed E-state index contributed by atoms with van der Waals surface area (Å²) in [5.41, 5.74) is 4.21. The van der Waals surface area contributed by atoms with E-state index in [0.29, 0.717) is 4.77 Å². The smallest absolute Gasteiger partial charge is 0.179 e. The average molecular weight is 334 g/mol. The molecule has 0 bridgehead atoms. The Labute approximate surface area is 124 Å². The third-order valence-corrected chi connectivity index (χ3v) is 3.85. The van der Waals surface area contributed by atoms with Crippen molar-refractivity contribution in [2.24, 2.45) is 0 Å². The van der Waals surface area contributed by atoms with Crippen LogP contribution in [0, 0.1) is 11.7 Å². The number of hydrogen-bond donors (Lipinski definition) is 1. The van der Waals surface area contributed by atoms with E-state index in [2.05, 4.69) is 44.1 Å². The van der Waals surface area contributed by atoms with Crippen LogP contribution in [0.25, 0.3) is 11.2 Å². The number of imidazole rings is 1. The van der Waals surface area contributed by atoms with Crippen molar-refractivity contribution in [3.63, 3.8) is 0 Å². The lowest BCUT2D eigenvalue weighted by Crippen LogP contribution is -2.00. The third kappa shape index (κ3) is 2.48. The average Bonchev–Trinajstić information content (AvgIpc) is 2.68. The third-order valence-electron chi connectivity index (χ3n) is 3.00. The van der Waals surface area contributed by atoms with E-state index in [1.54, 1.807) is 0 Å². The van der Waals surface area contributed by atoms with Crippen LogP contribution < -0.4 is 0 Å².